The van der Waals surface area contributed by atoms with Crippen molar-refractivity contribution in [3.8, 4) is 5.75 Å². The highest BCUT2D eigenvalue weighted by atomic mass is 35.5. The van der Waals surface area contributed by atoms with Gasteiger partial charge in [0.2, 0.25) is 5.91 Å². The third kappa shape index (κ3) is 3.98. The molecule has 1 fully saturated rings. The molecule has 0 bridgehead atoms. The molecule has 3 nitrogen and oxygen atoms in total. The zero-order chi connectivity index (χ0) is 16.4. The van der Waals surface area contributed by atoms with Gasteiger partial charge in [-0.05, 0) is 67.3 Å². The van der Waals surface area contributed by atoms with Crippen LogP contribution in [-0.2, 0) is 4.79 Å². The molecule has 0 radical (unpaired) electrons. The highest BCUT2D eigenvalue weighted by Crippen LogP contribution is 2.49. The third-order valence-electron chi connectivity index (χ3n) is 3.87. The van der Waals surface area contributed by atoms with E-state index >= 15 is 0 Å². The topological polar surface area (TPSA) is 38.3 Å². The number of nitrogens with one attached hydrogen (secondary N) is 1. The van der Waals surface area contributed by atoms with Crippen LogP contribution in [0.1, 0.15) is 24.8 Å². The first kappa shape index (κ1) is 16.2. The number of carbonyl (C=O) groups is 1. The molecule has 1 N–H and O–H groups in total. The Bertz CT molecular complexity index is 695. The molecule has 23 heavy (non-hydrogen) atoms. The van der Waals surface area contributed by atoms with Crippen LogP contribution < -0.4 is 10.1 Å². The van der Waals surface area contributed by atoms with Crippen molar-refractivity contribution in [2.75, 3.05) is 11.9 Å². The van der Waals surface area contributed by atoms with Crippen LogP contribution in [0.2, 0.25) is 10.0 Å². The molecule has 2 aromatic carbocycles. The second-order valence-corrected chi connectivity index (χ2v) is 6.47. The van der Waals surface area contributed by atoms with E-state index in [1.807, 2.05) is 43.3 Å². The van der Waals surface area contributed by atoms with E-state index in [0.29, 0.717) is 16.7 Å². The van der Waals surface area contributed by atoms with Crippen LogP contribution in [-0.4, -0.2) is 12.5 Å². The maximum atomic E-state index is 12.3. The van der Waals surface area contributed by atoms with Crippen LogP contribution in [0.3, 0.4) is 0 Å². The monoisotopic (exact) mass is 349 g/mol. The normalized spacial score (nSPS) is 19.3. The third-order valence-corrected chi connectivity index (χ3v) is 4.31. The fraction of sp³-hybridized carbons (Fsp3) is 0.278. The maximum absolute atomic E-state index is 12.3. The highest BCUT2D eigenvalue weighted by Gasteiger charge is 2.44. The van der Waals surface area contributed by atoms with Gasteiger partial charge in [-0.15, -0.1) is 0 Å². The summed E-state index contributed by atoms with van der Waals surface area (Å²) in [5.74, 6) is 0.976. The van der Waals surface area contributed by atoms with E-state index in [0.717, 1.165) is 23.4 Å². The van der Waals surface area contributed by atoms with Crippen molar-refractivity contribution in [2.24, 2.45) is 5.92 Å². The maximum Gasteiger partial charge on any atom is 0.228 e. The second-order valence-electron chi connectivity index (χ2n) is 5.60. The summed E-state index contributed by atoms with van der Waals surface area (Å²) in [5, 5.41) is 4.15. The zero-order valence-electron chi connectivity index (χ0n) is 12.7. The molecule has 0 aromatic heterocycles. The van der Waals surface area contributed by atoms with Gasteiger partial charge in [0.25, 0.3) is 0 Å². The van der Waals surface area contributed by atoms with E-state index in [9.17, 15) is 4.79 Å². The lowest BCUT2D eigenvalue weighted by molar-refractivity contribution is -0.117. The van der Waals surface area contributed by atoms with Gasteiger partial charge in [-0.1, -0.05) is 23.2 Å². The predicted octanol–water partition coefficient (Wildman–Crippen LogP) is 5.13. The van der Waals surface area contributed by atoms with Crippen molar-refractivity contribution in [3.05, 3.63) is 58.1 Å². The number of rotatable bonds is 5. The lowest BCUT2D eigenvalue weighted by atomic mass is 10.1. The van der Waals surface area contributed by atoms with E-state index in [1.165, 1.54) is 0 Å². The van der Waals surface area contributed by atoms with Crippen LogP contribution in [0, 0.1) is 5.92 Å². The van der Waals surface area contributed by atoms with Gasteiger partial charge in [-0.2, -0.15) is 0 Å². The molecular formula is C18H17Cl2NO2. The van der Waals surface area contributed by atoms with E-state index in [1.54, 1.807) is 6.07 Å². The Morgan fingerprint density at radius 2 is 1.83 bits per heavy atom. The minimum atomic E-state index is -0.0314. The summed E-state index contributed by atoms with van der Waals surface area (Å²) >= 11 is 12.0. The SMILES string of the molecule is CCOc1ccc(NC(=O)[C@@H]2C[C@@H]2c2cc(Cl)cc(Cl)c2)cc1. The first-order chi connectivity index (χ1) is 11.1. The van der Waals surface area contributed by atoms with Crippen molar-refractivity contribution in [3.63, 3.8) is 0 Å². The molecule has 0 aliphatic heterocycles. The molecule has 120 valence electrons. The summed E-state index contributed by atoms with van der Waals surface area (Å²) in [5.41, 5.74) is 1.79. The first-order valence-electron chi connectivity index (χ1n) is 7.56. The molecule has 0 unspecified atom stereocenters. The molecule has 2 atom stereocenters. The van der Waals surface area contributed by atoms with Crippen LogP contribution in [0.5, 0.6) is 5.75 Å². The molecule has 1 amide bonds. The molecule has 1 aliphatic carbocycles. The fourth-order valence-corrected chi connectivity index (χ4v) is 3.22. The fourth-order valence-electron chi connectivity index (χ4n) is 2.68. The number of benzene rings is 2. The Kier molecular flexibility index (Phi) is 4.79. The number of hydrogen-bond donors (Lipinski definition) is 1. The van der Waals surface area contributed by atoms with Gasteiger partial charge in [-0.3, -0.25) is 4.79 Å². The molecule has 0 spiro atoms. The smallest absolute Gasteiger partial charge is 0.228 e. The van der Waals surface area contributed by atoms with Crippen molar-refractivity contribution >= 4 is 34.8 Å². The first-order valence-corrected chi connectivity index (χ1v) is 8.32. The van der Waals surface area contributed by atoms with Crippen LogP contribution in [0.25, 0.3) is 0 Å². The molecule has 1 saturated carbocycles. The standard InChI is InChI=1S/C18H17Cl2NO2/c1-2-23-15-5-3-14(4-6-15)21-18(22)17-10-16(17)11-7-12(19)9-13(20)8-11/h3-9,16-17H,2,10H2,1H3,(H,21,22)/t16-,17-/m1/s1. The minimum absolute atomic E-state index is 0.0234. The minimum Gasteiger partial charge on any atom is -0.494 e. The predicted molar refractivity (Wildman–Crippen MR) is 93.6 cm³/mol. The molecule has 2 aromatic rings. The number of halogens is 2. The number of hydrogen-bond acceptors (Lipinski definition) is 2. The van der Waals surface area contributed by atoms with Gasteiger partial charge in [0.1, 0.15) is 5.75 Å². The van der Waals surface area contributed by atoms with Crippen molar-refractivity contribution in [1.29, 1.82) is 0 Å². The van der Waals surface area contributed by atoms with E-state index in [2.05, 4.69) is 5.32 Å². The summed E-state index contributed by atoms with van der Waals surface area (Å²) in [4.78, 5) is 12.3. The molecule has 3 rings (SSSR count). The van der Waals surface area contributed by atoms with Crippen molar-refractivity contribution in [1.82, 2.24) is 0 Å². The zero-order valence-corrected chi connectivity index (χ0v) is 14.2. The number of amides is 1. The lowest BCUT2D eigenvalue weighted by Gasteiger charge is -2.07. The van der Waals surface area contributed by atoms with Crippen molar-refractivity contribution in [2.45, 2.75) is 19.3 Å². The Balaban J connectivity index is 1.61. The van der Waals surface area contributed by atoms with Crippen LogP contribution in [0.4, 0.5) is 5.69 Å². The van der Waals surface area contributed by atoms with Gasteiger partial charge in [0.05, 0.1) is 6.61 Å². The molecule has 0 heterocycles. The average molecular weight is 350 g/mol. The van der Waals surface area contributed by atoms with Crippen LogP contribution in [0.15, 0.2) is 42.5 Å². The summed E-state index contributed by atoms with van der Waals surface area (Å²) < 4.78 is 5.39. The summed E-state index contributed by atoms with van der Waals surface area (Å²) in [6.07, 6.45) is 0.819. The Labute approximate surface area is 145 Å². The van der Waals surface area contributed by atoms with Gasteiger partial charge in [-0.25, -0.2) is 0 Å². The molecular weight excluding hydrogens is 333 g/mol. The Morgan fingerprint density at radius 1 is 1.17 bits per heavy atom. The Hall–Kier alpha value is -1.71. The van der Waals surface area contributed by atoms with Crippen molar-refractivity contribution < 1.29 is 9.53 Å². The number of ether oxygens (including phenoxy) is 1. The molecule has 5 heteroatoms. The largest absolute Gasteiger partial charge is 0.494 e. The second kappa shape index (κ2) is 6.81. The summed E-state index contributed by atoms with van der Waals surface area (Å²) in [7, 11) is 0. The van der Waals surface area contributed by atoms with Crippen LogP contribution >= 0.6 is 23.2 Å². The van der Waals surface area contributed by atoms with Gasteiger partial charge < -0.3 is 10.1 Å². The number of anilines is 1. The van der Waals surface area contributed by atoms with E-state index in [4.69, 9.17) is 27.9 Å². The quantitative estimate of drug-likeness (QED) is 0.811. The highest BCUT2D eigenvalue weighted by molar-refractivity contribution is 6.34. The van der Waals surface area contributed by atoms with Gasteiger partial charge >= 0.3 is 0 Å². The number of carbonyl (C=O) groups excluding carboxylic acids is 1. The molecule has 1 aliphatic rings. The van der Waals surface area contributed by atoms with Gasteiger partial charge in [0.15, 0.2) is 0 Å². The van der Waals surface area contributed by atoms with Gasteiger partial charge in [0, 0.05) is 21.7 Å². The lowest BCUT2D eigenvalue weighted by Crippen LogP contribution is -2.14. The molecule has 0 saturated heterocycles. The Morgan fingerprint density at radius 3 is 2.43 bits per heavy atom. The average Bonchev–Trinajstić information content (AvgIpc) is 3.29. The summed E-state index contributed by atoms with van der Waals surface area (Å²) in [6.45, 7) is 2.56. The summed E-state index contributed by atoms with van der Waals surface area (Å²) in [6, 6.07) is 12.8. The van der Waals surface area contributed by atoms with E-state index in [-0.39, 0.29) is 17.7 Å². The van der Waals surface area contributed by atoms with E-state index < -0.39 is 0 Å².